The van der Waals surface area contributed by atoms with Crippen molar-refractivity contribution in [2.24, 2.45) is 17.1 Å². The molecule has 1 unspecified atom stereocenters. The Morgan fingerprint density at radius 3 is 2.00 bits per heavy atom. The summed E-state index contributed by atoms with van der Waals surface area (Å²) < 4.78 is 0. The lowest BCUT2D eigenvalue weighted by atomic mass is 9.87. The van der Waals surface area contributed by atoms with E-state index in [2.05, 4.69) is 46.4 Å². The van der Waals surface area contributed by atoms with Gasteiger partial charge < -0.3 is 10.6 Å². The van der Waals surface area contributed by atoms with Crippen molar-refractivity contribution in [3.63, 3.8) is 0 Å². The summed E-state index contributed by atoms with van der Waals surface area (Å²) >= 11 is 0. The van der Waals surface area contributed by atoms with E-state index in [9.17, 15) is 0 Å². The van der Waals surface area contributed by atoms with Crippen LogP contribution in [0, 0.1) is 11.3 Å². The Labute approximate surface area is 115 Å². The second-order valence-electron chi connectivity index (χ2n) is 6.89. The minimum atomic E-state index is 0.348. The molecule has 0 spiro atoms. The molecular weight excluding hydrogens is 220 g/mol. The molecule has 0 saturated heterocycles. The minimum Gasteiger partial charge on any atom is -0.328 e. The molecule has 110 valence electrons. The van der Waals surface area contributed by atoms with E-state index < -0.39 is 0 Å². The summed E-state index contributed by atoms with van der Waals surface area (Å²) in [6.07, 6.45) is 4.84. The van der Waals surface area contributed by atoms with Gasteiger partial charge in [0.2, 0.25) is 0 Å². The maximum Gasteiger partial charge on any atom is 0.00559 e. The third kappa shape index (κ3) is 8.93. The molecule has 0 bridgehead atoms. The smallest absolute Gasteiger partial charge is 0.00559 e. The van der Waals surface area contributed by atoms with E-state index in [4.69, 9.17) is 5.73 Å². The van der Waals surface area contributed by atoms with E-state index in [1.807, 2.05) is 0 Å². The van der Waals surface area contributed by atoms with Crippen LogP contribution in [0.3, 0.4) is 0 Å². The Kier molecular flexibility index (Phi) is 8.89. The van der Waals surface area contributed by atoms with Crippen molar-refractivity contribution in [2.75, 3.05) is 19.6 Å². The van der Waals surface area contributed by atoms with Crippen LogP contribution in [0.25, 0.3) is 0 Å². The van der Waals surface area contributed by atoms with E-state index in [1.165, 1.54) is 19.4 Å². The molecule has 0 aliphatic carbocycles. The number of hydrogen-bond acceptors (Lipinski definition) is 2. The van der Waals surface area contributed by atoms with E-state index in [1.54, 1.807) is 0 Å². The average molecular weight is 256 g/mol. The van der Waals surface area contributed by atoms with Crippen LogP contribution in [-0.2, 0) is 0 Å². The molecule has 0 radical (unpaired) electrons. The highest BCUT2D eigenvalue weighted by Gasteiger charge is 2.17. The second-order valence-corrected chi connectivity index (χ2v) is 6.89. The molecule has 0 aromatic carbocycles. The summed E-state index contributed by atoms with van der Waals surface area (Å²) in [6.45, 7) is 17.2. The first kappa shape index (κ1) is 17.9. The highest BCUT2D eigenvalue weighted by molar-refractivity contribution is 4.73. The summed E-state index contributed by atoms with van der Waals surface area (Å²) in [5.74, 6) is 0.851. The molecule has 0 saturated carbocycles. The monoisotopic (exact) mass is 256 g/mol. The second kappa shape index (κ2) is 8.92. The van der Waals surface area contributed by atoms with Crippen molar-refractivity contribution in [1.29, 1.82) is 0 Å². The summed E-state index contributed by atoms with van der Waals surface area (Å²) in [5.41, 5.74) is 6.58. The molecule has 0 rings (SSSR count). The Morgan fingerprint density at radius 2 is 1.61 bits per heavy atom. The molecule has 0 aliphatic rings. The average Bonchev–Trinajstić information content (AvgIpc) is 2.27. The van der Waals surface area contributed by atoms with E-state index in [0.717, 1.165) is 31.8 Å². The van der Waals surface area contributed by atoms with Crippen LogP contribution in [0.2, 0.25) is 0 Å². The predicted molar refractivity (Wildman–Crippen MR) is 82.9 cm³/mol. The van der Waals surface area contributed by atoms with Gasteiger partial charge in [-0.15, -0.1) is 0 Å². The quantitative estimate of drug-likeness (QED) is 0.678. The number of hydrogen-bond donors (Lipinski definition) is 1. The molecule has 1 atom stereocenters. The Hall–Kier alpha value is -0.0800. The van der Waals surface area contributed by atoms with Crippen LogP contribution >= 0.6 is 0 Å². The zero-order chi connectivity index (χ0) is 14.2. The lowest BCUT2D eigenvalue weighted by Gasteiger charge is -2.28. The van der Waals surface area contributed by atoms with Gasteiger partial charge in [0.1, 0.15) is 0 Å². The Balaban J connectivity index is 3.99. The molecule has 0 fully saturated rings. The zero-order valence-corrected chi connectivity index (χ0v) is 13.6. The molecule has 0 aliphatic heterocycles. The molecule has 2 heteroatoms. The van der Waals surface area contributed by atoms with Crippen LogP contribution in [0.5, 0.6) is 0 Å². The van der Waals surface area contributed by atoms with Crippen molar-refractivity contribution < 1.29 is 0 Å². The van der Waals surface area contributed by atoms with Gasteiger partial charge >= 0.3 is 0 Å². The summed E-state index contributed by atoms with van der Waals surface area (Å²) in [4.78, 5) is 2.57. The minimum absolute atomic E-state index is 0.348. The fourth-order valence-corrected chi connectivity index (χ4v) is 2.53. The van der Waals surface area contributed by atoms with Gasteiger partial charge in [-0.3, -0.25) is 0 Å². The van der Waals surface area contributed by atoms with Gasteiger partial charge in [-0.05, 0) is 37.3 Å². The molecule has 2 nitrogen and oxygen atoms in total. The largest absolute Gasteiger partial charge is 0.328 e. The topological polar surface area (TPSA) is 29.3 Å². The van der Waals surface area contributed by atoms with E-state index >= 15 is 0 Å². The standard InChI is InChI=1S/C16H36N2/c1-7-14(8-2)13-18(9-3)11-10-15(17)12-16(4,5)6/h14-15H,7-13,17H2,1-6H3. The van der Waals surface area contributed by atoms with Gasteiger partial charge in [0.05, 0.1) is 0 Å². The molecular formula is C16H36N2. The molecule has 0 aromatic heterocycles. The summed E-state index contributed by atoms with van der Waals surface area (Å²) in [7, 11) is 0. The van der Waals surface area contributed by atoms with Crippen LogP contribution in [-0.4, -0.2) is 30.6 Å². The molecule has 0 heterocycles. The van der Waals surface area contributed by atoms with Crippen molar-refractivity contribution >= 4 is 0 Å². The first-order valence-corrected chi connectivity index (χ1v) is 7.80. The summed E-state index contributed by atoms with van der Waals surface area (Å²) in [5, 5.41) is 0. The first-order chi connectivity index (χ1) is 8.32. The van der Waals surface area contributed by atoms with Crippen molar-refractivity contribution in [3.05, 3.63) is 0 Å². The lowest BCUT2D eigenvalue weighted by molar-refractivity contribution is 0.217. The predicted octanol–water partition coefficient (Wildman–Crippen LogP) is 3.90. The van der Waals surface area contributed by atoms with Gasteiger partial charge in [-0.25, -0.2) is 0 Å². The third-order valence-corrected chi connectivity index (χ3v) is 3.81. The van der Waals surface area contributed by atoms with Crippen LogP contribution in [0.15, 0.2) is 0 Å². The van der Waals surface area contributed by atoms with Gasteiger partial charge in [0, 0.05) is 12.6 Å². The van der Waals surface area contributed by atoms with Crippen LogP contribution in [0.1, 0.15) is 67.2 Å². The Morgan fingerprint density at radius 1 is 1.06 bits per heavy atom. The van der Waals surface area contributed by atoms with Crippen molar-refractivity contribution in [3.8, 4) is 0 Å². The fraction of sp³-hybridized carbons (Fsp3) is 1.00. The SMILES string of the molecule is CCC(CC)CN(CC)CCC(N)CC(C)(C)C. The number of rotatable bonds is 9. The lowest BCUT2D eigenvalue weighted by Crippen LogP contribution is -2.35. The number of nitrogens with zero attached hydrogens (tertiary/aromatic N) is 1. The Bertz CT molecular complexity index is 192. The van der Waals surface area contributed by atoms with E-state index in [-0.39, 0.29) is 0 Å². The summed E-state index contributed by atoms with van der Waals surface area (Å²) in [6, 6.07) is 0.348. The molecule has 0 amide bonds. The highest BCUT2D eigenvalue weighted by Crippen LogP contribution is 2.21. The molecule has 18 heavy (non-hydrogen) atoms. The fourth-order valence-electron chi connectivity index (χ4n) is 2.53. The highest BCUT2D eigenvalue weighted by atomic mass is 15.1. The van der Waals surface area contributed by atoms with Gasteiger partial charge in [0.25, 0.3) is 0 Å². The molecule has 0 aromatic rings. The van der Waals surface area contributed by atoms with Gasteiger partial charge in [-0.1, -0.05) is 54.4 Å². The van der Waals surface area contributed by atoms with Crippen molar-refractivity contribution in [1.82, 2.24) is 4.90 Å². The van der Waals surface area contributed by atoms with E-state index in [0.29, 0.717) is 11.5 Å². The van der Waals surface area contributed by atoms with Gasteiger partial charge in [0.15, 0.2) is 0 Å². The molecule has 2 N–H and O–H groups in total. The van der Waals surface area contributed by atoms with Crippen molar-refractivity contribution in [2.45, 2.75) is 73.3 Å². The zero-order valence-electron chi connectivity index (χ0n) is 13.6. The van der Waals surface area contributed by atoms with Gasteiger partial charge in [-0.2, -0.15) is 0 Å². The first-order valence-electron chi connectivity index (χ1n) is 7.80. The van der Waals surface area contributed by atoms with Crippen LogP contribution in [0.4, 0.5) is 0 Å². The normalized spacial score (nSPS) is 14.5. The van der Waals surface area contributed by atoms with Crippen LogP contribution < -0.4 is 5.73 Å². The third-order valence-electron chi connectivity index (χ3n) is 3.81. The maximum atomic E-state index is 6.23. The number of nitrogens with two attached hydrogens (primary N) is 1. The maximum absolute atomic E-state index is 6.23.